The third-order valence-electron chi connectivity index (χ3n) is 4.52. The fourth-order valence-corrected chi connectivity index (χ4v) is 4.05. The molecule has 0 radical (unpaired) electrons. The lowest BCUT2D eigenvalue weighted by Gasteiger charge is -2.26. The summed E-state index contributed by atoms with van der Waals surface area (Å²) in [4.78, 5) is 39.3. The second-order valence-electron chi connectivity index (χ2n) is 6.68. The lowest BCUT2D eigenvalue weighted by molar-refractivity contribution is -0.136. The molecule has 0 aliphatic carbocycles. The lowest BCUT2D eigenvalue weighted by atomic mass is 10.2. The number of hydrogen-bond acceptors (Lipinski definition) is 7. The van der Waals surface area contributed by atoms with Gasteiger partial charge in [-0.3, -0.25) is 14.2 Å². The van der Waals surface area contributed by atoms with Gasteiger partial charge in [-0.15, -0.1) is 11.3 Å². The standard InChI is InChI=1S/C21H22F2N2O6S/c1-2-30-19(27)12-18-25(13-17(26)24-7-9-29-10-8-24)20(28)16(32-18)11-14-3-5-15(6-4-14)31-21(22)23/h3-6,11-12,21H,2,7-10,13H2,1H3/b16-11+,18-12-. The van der Waals surface area contributed by atoms with Crippen LogP contribution in [0.4, 0.5) is 8.78 Å². The summed E-state index contributed by atoms with van der Waals surface area (Å²) in [5.74, 6) is -0.888. The second-order valence-corrected chi connectivity index (χ2v) is 7.74. The smallest absolute Gasteiger partial charge is 0.387 e. The highest BCUT2D eigenvalue weighted by molar-refractivity contribution is 7.07. The van der Waals surface area contributed by atoms with Crippen molar-refractivity contribution in [2.75, 3.05) is 32.9 Å². The van der Waals surface area contributed by atoms with Gasteiger partial charge < -0.3 is 19.1 Å². The number of amides is 1. The summed E-state index contributed by atoms with van der Waals surface area (Å²) in [6, 6.07) is 5.76. The van der Waals surface area contributed by atoms with Gasteiger partial charge in [0.1, 0.15) is 17.0 Å². The number of benzene rings is 1. The summed E-state index contributed by atoms with van der Waals surface area (Å²) in [6.07, 6.45) is 2.73. The molecule has 8 nitrogen and oxygen atoms in total. The van der Waals surface area contributed by atoms with Crippen molar-refractivity contribution >= 4 is 35.4 Å². The Morgan fingerprint density at radius 2 is 1.91 bits per heavy atom. The predicted octanol–water partition coefficient (Wildman–Crippen LogP) is 0.542. The maximum absolute atomic E-state index is 13.0. The number of ether oxygens (including phenoxy) is 3. The zero-order valence-electron chi connectivity index (χ0n) is 17.3. The Balaban J connectivity index is 1.96. The minimum Gasteiger partial charge on any atom is -0.463 e. The van der Waals surface area contributed by atoms with E-state index in [-0.39, 0.29) is 34.0 Å². The van der Waals surface area contributed by atoms with Crippen molar-refractivity contribution in [3.63, 3.8) is 0 Å². The van der Waals surface area contributed by atoms with Crippen molar-refractivity contribution in [2.24, 2.45) is 0 Å². The van der Waals surface area contributed by atoms with Gasteiger partial charge in [-0.1, -0.05) is 12.1 Å². The first-order valence-corrected chi connectivity index (χ1v) is 10.7. The van der Waals surface area contributed by atoms with Crippen LogP contribution in [-0.4, -0.2) is 60.9 Å². The maximum Gasteiger partial charge on any atom is 0.387 e. The monoisotopic (exact) mass is 468 g/mol. The first-order valence-electron chi connectivity index (χ1n) is 9.87. The fraction of sp³-hybridized carbons (Fsp3) is 0.381. The normalized spacial score (nSPS) is 15.3. The Morgan fingerprint density at radius 3 is 2.53 bits per heavy atom. The molecule has 1 fully saturated rings. The van der Waals surface area contributed by atoms with Crippen LogP contribution in [0.1, 0.15) is 12.5 Å². The van der Waals surface area contributed by atoms with Crippen LogP contribution in [0.15, 0.2) is 29.1 Å². The third kappa shape index (κ3) is 6.24. The zero-order valence-corrected chi connectivity index (χ0v) is 18.1. The average Bonchev–Trinajstić information content (AvgIpc) is 3.04. The molecular formula is C21H22F2N2O6S. The molecular weight excluding hydrogens is 446 g/mol. The Labute approximate surface area is 185 Å². The highest BCUT2D eigenvalue weighted by Gasteiger charge is 2.19. The molecule has 1 aromatic heterocycles. The van der Waals surface area contributed by atoms with Crippen molar-refractivity contribution in [1.29, 1.82) is 0 Å². The molecule has 1 amide bonds. The summed E-state index contributed by atoms with van der Waals surface area (Å²) >= 11 is 1.03. The minimum absolute atomic E-state index is 0.00631. The van der Waals surface area contributed by atoms with E-state index in [1.54, 1.807) is 17.9 Å². The number of nitrogens with zero attached hydrogens (tertiary/aromatic N) is 2. The molecule has 32 heavy (non-hydrogen) atoms. The second kappa shape index (κ2) is 11.0. The van der Waals surface area contributed by atoms with Crippen LogP contribution in [0, 0.1) is 0 Å². The van der Waals surface area contributed by atoms with Crippen molar-refractivity contribution in [1.82, 2.24) is 9.47 Å². The fourth-order valence-electron chi connectivity index (χ4n) is 3.02. The molecule has 11 heteroatoms. The number of hydrogen-bond donors (Lipinski definition) is 0. The summed E-state index contributed by atoms with van der Waals surface area (Å²) in [5, 5.41) is 0. The molecule has 0 atom stereocenters. The van der Waals surface area contributed by atoms with Crippen LogP contribution in [-0.2, 0) is 25.6 Å². The summed E-state index contributed by atoms with van der Waals surface area (Å²) in [7, 11) is 0. The number of carbonyl (C=O) groups excluding carboxylic acids is 2. The van der Waals surface area contributed by atoms with E-state index >= 15 is 0 Å². The van der Waals surface area contributed by atoms with E-state index in [0.717, 1.165) is 11.3 Å². The van der Waals surface area contributed by atoms with Gasteiger partial charge in [-0.25, -0.2) is 4.79 Å². The van der Waals surface area contributed by atoms with E-state index in [1.807, 2.05) is 0 Å². The van der Waals surface area contributed by atoms with Crippen LogP contribution in [0.25, 0.3) is 12.2 Å². The third-order valence-corrected chi connectivity index (χ3v) is 5.58. The molecule has 2 heterocycles. The minimum atomic E-state index is -2.93. The number of carbonyl (C=O) groups is 2. The quantitative estimate of drug-likeness (QED) is 0.552. The summed E-state index contributed by atoms with van der Waals surface area (Å²) in [5.41, 5.74) is 0.124. The van der Waals surface area contributed by atoms with Gasteiger partial charge in [0.15, 0.2) is 0 Å². The number of rotatable bonds is 7. The molecule has 2 aromatic rings. The molecule has 0 spiro atoms. The van der Waals surface area contributed by atoms with Gasteiger partial charge in [-0.2, -0.15) is 8.78 Å². The average molecular weight is 468 g/mol. The topological polar surface area (TPSA) is 87.1 Å². The van der Waals surface area contributed by atoms with E-state index in [9.17, 15) is 23.2 Å². The van der Waals surface area contributed by atoms with E-state index in [0.29, 0.717) is 31.9 Å². The van der Waals surface area contributed by atoms with Gasteiger partial charge in [0, 0.05) is 13.1 Å². The SMILES string of the molecule is CCOC(=O)/C=c1\s/c(=C/c2ccc(OC(F)F)cc2)c(=O)n1CC(=O)N1CCOCC1. The lowest BCUT2D eigenvalue weighted by Crippen LogP contribution is -2.45. The van der Waals surface area contributed by atoms with Crippen LogP contribution in [0.3, 0.4) is 0 Å². The molecule has 1 saturated heterocycles. The zero-order chi connectivity index (χ0) is 23.1. The van der Waals surface area contributed by atoms with E-state index in [4.69, 9.17) is 9.47 Å². The molecule has 1 aliphatic rings. The van der Waals surface area contributed by atoms with Gasteiger partial charge >= 0.3 is 12.6 Å². The largest absolute Gasteiger partial charge is 0.463 e. The van der Waals surface area contributed by atoms with Gasteiger partial charge in [-0.05, 0) is 30.7 Å². The van der Waals surface area contributed by atoms with Crippen LogP contribution in [0.2, 0.25) is 0 Å². The van der Waals surface area contributed by atoms with E-state index < -0.39 is 18.1 Å². The molecule has 0 bridgehead atoms. The number of esters is 1. The Morgan fingerprint density at radius 1 is 1.22 bits per heavy atom. The van der Waals surface area contributed by atoms with Crippen molar-refractivity contribution in [3.8, 4) is 5.75 Å². The van der Waals surface area contributed by atoms with Crippen molar-refractivity contribution in [3.05, 3.63) is 49.4 Å². The summed E-state index contributed by atoms with van der Waals surface area (Å²) in [6.45, 7) is 0.391. The Kier molecular flexibility index (Phi) is 8.12. The molecule has 3 rings (SSSR count). The number of thiazole rings is 1. The predicted molar refractivity (Wildman–Crippen MR) is 113 cm³/mol. The number of morpholine rings is 1. The van der Waals surface area contributed by atoms with Crippen LogP contribution in [0.5, 0.6) is 5.75 Å². The highest BCUT2D eigenvalue weighted by atomic mass is 32.1. The first-order chi connectivity index (χ1) is 15.4. The van der Waals surface area contributed by atoms with E-state index in [2.05, 4.69) is 4.74 Å². The molecule has 0 unspecified atom stereocenters. The Hall–Kier alpha value is -3.05. The number of aromatic nitrogens is 1. The first kappa shape index (κ1) is 23.6. The van der Waals surface area contributed by atoms with E-state index in [1.165, 1.54) is 34.9 Å². The van der Waals surface area contributed by atoms with Gasteiger partial charge in [0.25, 0.3) is 5.56 Å². The number of alkyl halides is 2. The van der Waals surface area contributed by atoms with Crippen molar-refractivity contribution < 1.29 is 32.6 Å². The van der Waals surface area contributed by atoms with Gasteiger partial charge in [0.2, 0.25) is 5.91 Å². The van der Waals surface area contributed by atoms with Crippen LogP contribution < -0.4 is 19.5 Å². The molecule has 0 N–H and O–H groups in total. The molecule has 172 valence electrons. The molecule has 1 aliphatic heterocycles. The number of halogens is 2. The summed E-state index contributed by atoms with van der Waals surface area (Å²) < 4.78 is 40.9. The molecule has 0 saturated carbocycles. The van der Waals surface area contributed by atoms with Gasteiger partial charge in [0.05, 0.1) is 30.4 Å². The Bertz CT molecular complexity index is 1120. The van der Waals surface area contributed by atoms with Crippen LogP contribution >= 0.6 is 11.3 Å². The highest BCUT2D eigenvalue weighted by Crippen LogP contribution is 2.15. The maximum atomic E-state index is 13.0. The van der Waals surface area contributed by atoms with Crippen molar-refractivity contribution in [2.45, 2.75) is 20.1 Å². The molecule has 1 aromatic carbocycles.